The normalized spacial score (nSPS) is 12.3. The van der Waals surface area contributed by atoms with Crippen molar-refractivity contribution in [1.29, 1.82) is 0 Å². The molecule has 0 amide bonds. The van der Waals surface area contributed by atoms with Gasteiger partial charge in [-0.05, 0) is 37.0 Å². The van der Waals surface area contributed by atoms with E-state index in [-0.39, 0.29) is 18.0 Å². The van der Waals surface area contributed by atoms with Gasteiger partial charge in [0, 0.05) is 21.4 Å². The Bertz CT molecular complexity index is 834. The van der Waals surface area contributed by atoms with Crippen LogP contribution >= 0.6 is 35.0 Å². The summed E-state index contributed by atoms with van der Waals surface area (Å²) in [5.74, 6) is 0.765. The van der Waals surface area contributed by atoms with E-state index < -0.39 is 0 Å². The molecule has 2 rings (SSSR count). The topological polar surface area (TPSA) is 55.0 Å². The molecule has 0 aliphatic carbocycles. The molecule has 0 bridgehead atoms. The molecule has 1 unspecified atom stereocenters. The summed E-state index contributed by atoms with van der Waals surface area (Å²) in [7, 11) is 0. The maximum Gasteiger partial charge on any atom is 0.306 e. The number of esters is 1. The van der Waals surface area contributed by atoms with E-state index >= 15 is 0 Å². The zero-order valence-corrected chi connectivity index (χ0v) is 22.0. The summed E-state index contributed by atoms with van der Waals surface area (Å²) in [6.45, 7) is 8.43. The molecule has 1 atom stereocenters. The Hall–Kier alpha value is -1.17. The van der Waals surface area contributed by atoms with E-state index in [1.54, 1.807) is 6.07 Å². The van der Waals surface area contributed by atoms with Crippen molar-refractivity contribution in [2.45, 2.75) is 107 Å². The molecule has 7 heteroatoms. The lowest BCUT2D eigenvalue weighted by molar-refractivity contribution is -0.150. The summed E-state index contributed by atoms with van der Waals surface area (Å²) in [6, 6.07) is 5.47. The minimum absolute atomic E-state index is 0.149. The quantitative estimate of drug-likeness (QED) is 0.208. The highest BCUT2D eigenvalue weighted by Crippen LogP contribution is 2.36. The summed E-state index contributed by atoms with van der Waals surface area (Å²) < 4.78 is 5.78. The molecule has 2 aromatic rings. The van der Waals surface area contributed by atoms with Gasteiger partial charge in [-0.3, -0.25) is 4.79 Å². The number of imidazole rings is 1. The predicted molar refractivity (Wildman–Crippen MR) is 135 cm³/mol. The highest BCUT2D eigenvalue weighted by Gasteiger charge is 2.22. The predicted octanol–water partition coefficient (Wildman–Crippen LogP) is 9.13. The zero-order valence-electron chi connectivity index (χ0n) is 19.7. The summed E-state index contributed by atoms with van der Waals surface area (Å²) >= 11 is 13.8. The van der Waals surface area contributed by atoms with Gasteiger partial charge in [0.1, 0.15) is 10.9 Å². The number of nitrogens with zero attached hydrogens (tertiary/aromatic N) is 1. The number of hydrogen-bond donors (Lipinski definition) is 1. The third kappa shape index (κ3) is 8.99. The van der Waals surface area contributed by atoms with E-state index in [9.17, 15) is 4.79 Å². The van der Waals surface area contributed by atoms with Crippen LogP contribution in [0.2, 0.25) is 10.0 Å². The van der Waals surface area contributed by atoms with E-state index in [0.29, 0.717) is 28.7 Å². The molecular weight excluding hydrogens is 463 g/mol. The average Bonchev–Trinajstić information content (AvgIpc) is 3.14. The molecule has 32 heavy (non-hydrogen) atoms. The molecule has 0 spiro atoms. The Kier molecular flexibility index (Phi) is 12.0. The lowest BCUT2D eigenvalue weighted by Gasteiger charge is -2.14. The van der Waals surface area contributed by atoms with Crippen molar-refractivity contribution in [3.05, 3.63) is 39.8 Å². The van der Waals surface area contributed by atoms with Crippen LogP contribution < -0.4 is 0 Å². The maximum absolute atomic E-state index is 12.4. The number of unbranched alkanes of at least 4 members (excludes halogenated alkanes) is 6. The summed E-state index contributed by atoms with van der Waals surface area (Å²) in [5, 5.41) is 2.11. The van der Waals surface area contributed by atoms with Crippen LogP contribution in [0, 0.1) is 0 Å². The number of rotatable bonds is 14. The molecule has 1 heterocycles. The third-order valence-corrected chi connectivity index (χ3v) is 6.68. The fourth-order valence-electron chi connectivity index (χ4n) is 3.49. The summed E-state index contributed by atoms with van der Waals surface area (Å²) in [6.07, 6.45) is 9.00. The van der Waals surface area contributed by atoms with Gasteiger partial charge in [0.05, 0.1) is 5.69 Å². The first kappa shape index (κ1) is 27.1. The average molecular weight is 500 g/mol. The van der Waals surface area contributed by atoms with Crippen molar-refractivity contribution >= 4 is 40.9 Å². The Labute approximate surface area is 207 Å². The molecule has 1 N–H and O–H groups in total. The number of halogens is 2. The van der Waals surface area contributed by atoms with Crippen LogP contribution in [0.5, 0.6) is 0 Å². The number of H-pyrrole nitrogens is 1. The van der Waals surface area contributed by atoms with Crippen LogP contribution in [0.1, 0.15) is 109 Å². The highest BCUT2D eigenvalue weighted by atomic mass is 35.5. The van der Waals surface area contributed by atoms with Crippen molar-refractivity contribution in [2.75, 3.05) is 0 Å². The minimum atomic E-state index is -0.373. The maximum atomic E-state index is 12.4. The van der Waals surface area contributed by atoms with Gasteiger partial charge >= 0.3 is 5.97 Å². The molecule has 0 saturated heterocycles. The fourth-order valence-corrected chi connectivity index (χ4v) is 5.30. The number of ether oxygens (including phenoxy) is 1. The number of aromatic nitrogens is 2. The van der Waals surface area contributed by atoms with Gasteiger partial charge in [-0.25, -0.2) is 4.98 Å². The van der Waals surface area contributed by atoms with E-state index in [4.69, 9.17) is 32.9 Å². The second-order valence-corrected chi connectivity index (χ2v) is 10.4. The lowest BCUT2D eigenvalue weighted by atomic mass is 10.1. The lowest BCUT2D eigenvalue weighted by Crippen LogP contribution is -2.12. The Morgan fingerprint density at radius 2 is 1.66 bits per heavy atom. The number of carbonyl (C=O) groups excluding carboxylic acids is 1. The van der Waals surface area contributed by atoms with Crippen molar-refractivity contribution < 1.29 is 9.53 Å². The molecule has 0 fully saturated rings. The Morgan fingerprint density at radius 3 is 2.25 bits per heavy atom. The van der Waals surface area contributed by atoms with Crippen LogP contribution in [0.25, 0.3) is 0 Å². The van der Waals surface area contributed by atoms with Gasteiger partial charge in [-0.1, -0.05) is 101 Å². The molecule has 0 saturated carbocycles. The van der Waals surface area contributed by atoms with Gasteiger partial charge in [-0.2, -0.15) is 0 Å². The summed E-state index contributed by atoms with van der Waals surface area (Å²) in [4.78, 5) is 21.5. The molecule has 178 valence electrons. The number of hydrogen-bond acceptors (Lipinski definition) is 4. The molecule has 0 aliphatic rings. The smallest absolute Gasteiger partial charge is 0.306 e. The van der Waals surface area contributed by atoms with Gasteiger partial charge in [0.25, 0.3) is 0 Å². The largest absolute Gasteiger partial charge is 0.454 e. The third-order valence-electron chi connectivity index (χ3n) is 5.25. The monoisotopic (exact) mass is 498 g/mol. The highest BCUT2D eigenvalue weighted by molar-refractivity contribution is 7.99. The van der Waals surface area contributed by atoms with Gasteiger partial charge in [0.2, 0.25) is 0 Å². The van der Waals surface area contributed by atoms with Gasteiger partial charge < -0.3 is 9.72 Å². The first-order valence-electron chi connectivity index (χ1n) is 11.8. The number of aromatic amines is 1. The van der Waals surface area contributed by atoms with Crippen LogP contribution in [0.4, 0.5) is 0 Å². The molecule has 0 radical (unpaired) electrons. The molecule has 1 aromatic heterocycles. The second kappa shape index (κ2) is 14.2. The first-order chi connectivity index (χ1) is 15.3. The first-order valence-corrected chi connectivity index (χ1v) is 13.3. The fraction of sp³-hybridized carbons (Fsp3) is 0.600. The number of benzene rings is 1. The Balaban J connectivity index is 1.99. The van der Waals surface area contributed by atoms with Gasteiger partial charge in [-0.15, -0.1) is 0 Å². The van der Waals surface area contributed by atoms with E-state index in [0.717, 1.165) is 28.5 Å². The molecule has 0 aliphatic heterocycles. The van der Waals surface area contributed by atoms with Crippen LogP contribution in [-0.2, 0) is 9.53 Å². The van der Waals surface area contributed by atoms with Crippen LogP contribution in [-0.4, -0.2) is 15.9 Å². The van der Waals surface area contributed by atoms with Crippen LogP contribution in [0.3, 0.4) is 0 Å². The standard InChI is InChI=1S/C25H36Cl2N2O2S/c1-5-7-8-9-10-11-12-13-22(30)31-21(6-2)24-28-23(17(3)4)25(29-24)32-20-15-18(26)14-19(27)16-20/h14-17,21H,5-13H2,1-4H3,(H,28,29). The minimum Gasteiger partial charge on any atom is -0.454 e. The summed E-state index contributed by atoms with van der Waals surface area (Å²) in [5.41, 5.74) is 0.947. The van der Waals surface area contributed by atoms with Crippen molar-refractivity contribution in [3.63, 3.8) is 0 Å². The van der Waals surface area contributed by atoms with E-state index in [1.807, 2.05) is 19.1 Å². The zero-order chi connectivity index (χ0) is 23.5. The Morgan fingerprint density at radius 1 is 1.03 bits per heavy atom. The SMILES string of the molecule is CCCCCCCCCC(=O)OC(CC)c1nc(C(C)C)c(Sc2cc(Cl)cc(Cl)c2)[nH]1. The number of nitrogens with one attached hydrogen (secondary N) is 1. The van der Waals surface area contributed by atoms with Crippen molar-refractivity contribution in [1.82, 2.24) is 9.97 Å². The molecular formula is C25H36Cl2N2O2S. The molecule has 4 nitrogen and oxygen atoms in total. The van der Waals surface area contributed by atoms with E-state index in [1.165, 1.54) is 43.9 Å². The number of carbonyl (C=O) groups is 1. The van der Waals surface area contributed by atoms with E-state index in [2.05, 4.69) is 25.8 Å². The van der Waals surface area contributed by atoms with Crippen LogP contribution in [0.15, 0.2) is 28.1 Å². The van der Waals surface area contributed by atoms with Crippen molar-refractivity contribution in [2.24, 2.45) is 0 Å². The van der Waals surface area contributed by atoms with Crippen molar-refractivity contribution in [3.8, 4) is 0 Å². The molecule has 1 aromatic carbocycles. The second-order valence-electron chi connectivity index (χ2n) is 8.46. The van der Waals surface area contributed by atoms with Gasteiger partial charge in [0.15, 0.2) is 6.10 Å².